The Hall–Kier alpha value is -1.59. The van der Waals surface area contributed by atoms with Crippen LogP contribution in [0.5, 0.6) is 5.75 Å². The van der Waals surface area contributed by atoms with Crippen LogP contribution < -0.4 is 10.1 Å². The standard InChI is InChI=1S/C22H35N3O2/c1-4-18(2)19-8-5-6-9-20(19)27-16-21(26)25-15-7-14-24(3)22(17-25)10-12-23-13-11-22/h5-6,8-9,18,23H,4,7,10-17H2,1-3H3/t18-/m1/s1. The number of piperidine rings is 1. The van der Waals surface area contributed by atoms with E-state index in [2.05, 4.69) is 37.2 Å². The van der Waals surface area contributed by atoms with Gasteiger partial charge in [-0.2, -0.15) is 0 Å². The minimum Gasteiger partial charge on any atom is -0.483 e. The maximum atomic E-state index is 13.0. The van der Waals surface area contributed by atoms with Crippen molar-refractivity contribution in [2.45, 2.75) is 51.0 Å². The lowest BCUT2D eigenvalue weighted by Crippen LogP contribution is -2.58. The van der Waals surface area contributed by atoms with Crippen LogP contribution in [-0.4, -0.2) is 67.6 Å². The van der Waals surface area contributed by atoms with Crippen molar-refractivity contribution >= 4 is 5.91 Å². The van der Waals surface area contributed by atoms with Gasteiger partial charge in [0.25, 0.3) is 5.91 Å². The fraction of sp³-hybridized carbons (Fsp3) is 0.682. The maximum Gasteiger partial charge on any atom is 0.260 e. The van der Waals surface area contributed by atoms with E-state index in [1.807, 2.05) is 23.1 Å². The summed E-state index contributed by atoms with van der Waals surface area (Å²) in [5.74, 6) is 1.40. The van der Waals surface area contributed by atoms with Crippen molar-refractivity contribution in [3.8, 4) is 5.75 Å². The molecule has 1 spiro atoms. The van der Waals surface area contributed by atoms with Gasteiger partial charge in [-0.15, -0.1) is 0 Å². The fourth-order valence-electron chi connectivity index (χ4n) is 4.41. The third kappa shape index (κ3) is 4.64. The number of benzene rings is 1. The first kappa shape index (κ1) is 20.2. The zero-order chi connectivity index (χ0) is 19.3. The lowest BCUT2D eigenvalue weighted by atomic mass is 9.86. The topological polar surface area (TPSA) is 44.8 Å². The van der Waals surface area contributed by atoms with Gasteiger partial charge in [-0.1, -0.05) is 32.0 Å². The molecule has 2 heterocycles. The summed E-state index contributed by atoms with van der Waals surface area (Å²) < 4.78 is 6.00. The second-order valence-electron chi connectivity index (χ2n) is 8.20. The molecule has 0 radical (unpaired) electrons. The highest BCUT2D eigenvalue weighted by Gasteiger charge is 2.40. The van der Waals surface area contributed by atoms with Crippen LogP contribution in [0.15, 0.2) is 24.3 Å². The molecular formula is C22H35N3O2. The number of amides is 1. The van der Waals surface area contributed by atoms with Crippen molar-refractivity contribution in [2.24, 2.45) is 0 Å². The second kappa shape index (κ2) is 9.07. The van der Waals surface area contributed by atoms with Crippen LogP contribution in [-0.2, 0) is 4.79 Å². The molecule has 150 valence electrons. The van der Waals surface area contributed by atoms with E-state index in [9.17, 15) is 4.79 Å². The van der Waals surface area contributed by atoms with Gasteiger partial charge in [-0.25, -0.2) is 0 Å². The molecule has 1 amide bonds. The Morgan fingerprint density at radius 2 is 2.00 bits per heavy atom. The Labute approximate surface area is 164 Å². The van der Waals surface area contributed by atoms with E-state index in [0.717, 1.165) is 64.2 Å². The van der Waals surface area contributed by atoms with Crippen molar-refractivity contribution in [1.29, 1.82) is 0 Å². The summed E-state index contributed by atoms with van der Waals surface area (Å²) in [6, 6.07) is 8.12. The molecule has 0 saturated carbocycles. The van der Waals surface area contributed by atoms with Crippen molar-refractivity contribution in [2.75, 3.05) is 46.4 Å². The largest absolute Gasteiger partial charge is 0.483 e. The number of para-hydroxylation sites is 1. The number of rotatable bonds is 5. The summed E-state index contributed by atoms with van der Waals surface area (Å²) in [6.45, 7) is 9.28. The van der Waals surface area contributed by atoms with Gasteiger partial charge in [0.05, 0.1) is 0 Å². The number of nitrogens with one attached hydrogen (secondary N) is 1. The van der Waals surface area contributed by atoms with Crippen molar-refractivity contribution in [3.05, 3.63) is 29.8 Å². The van der Waals surface area contributed by atoms with Crippen LogP contribution in [0.1, 0.15) is 51.0 Å². The molecular weight excluding hydrogens is 338 g/mol. The van der Waals surface area contributed by atoms with Crippen LogP contribution in [0.25, 0.3) is 0 Å². The van der Waals surface area contributed by atoms with Gasteiger partial charge in [-0.05, 0) is 63.4 Å². The smallest absolute Gasteiger partial charge is 0.260 e. The van der Waals surface area contributed by atoms with Crippen molar-refractivity contribution in [1.82, 2.24) is 15.1 Å². The Morgan fingerprint density at radius 3 is 2.74 bits per heavy atom. The summed E-state index contributed by atoms with van der Waals surface area (Å²) in [5, 5.41) is 3.46. The third-order valence-electron chi connectivity index (χ3n) is 6.52. The molecule has 1 atom stereocenters. The molecule has 1 N–H and O–H groups in total. The predicted octanol–water partition coefficient (Wildman–Crippen LogP) is 2.87. The Bertz CT molecular complexity index is 628. The zero-order valence-corrected chi connectivity index (χ0v) is 17.2. The summed E-state index contributed by atoms with van der Waals surface area (Å²) >= 11 is 0. The van der Waals surface area contributed by atoms with E-state index in [1.165, 1.54) is 5.56 Å². The average Bonchev–Trinajstić information content (AvgIpc) is 2.86. The normalized spacial score (nSPS) is 21.7. The molecule has 1 aromatic rings. The zero-order valence-electron chi connectivity index (χ0n) is 17.2. The van der Waals surface area contributed by atoms with Crippen LogP contribution in [0.4, 0.5) is 0 Å². The van der Waals surface area contributed by atoms with Gasteiger partial charge < -0.3 is 15.0 Å². The average molecular weight is 374 g/mol. The number of carbonyl (C=O) groups excluding carboxylic acids is 1. The maximum absolute atomic E-state index is 13.0. The van der Waals surface area contributed by atoms with Gasteiger partial charge in [0, 0.05) is 25.2 Å². The molecule has 1 aromatic carbocycles. The highest BCUT2D eigenvalue weighted by molar-refractivity contribution is 5.78. The fourth-order valence-corrected chi connectivity index (χ4v) is 4.41. The minimum atomic E-state index is 0.113. The molecule has 0 aromatic heterocycles. The van der Waals surface area contributed by atoms with Crippen LogP contribution in [0, 0.1) is 0 Å². The lowest BCUT2D eigenvalue weighted by molar-refractivity contribution is -0.134. The summed E-state index contributed by atoms with van der Waals surface area (Å²) in [7, 11) is 2.22. The number of carbonyl (C=O) groups is 1. The molecule has 0 aliphatic carbocycles. The van der Waals surface area contributed by atoms with Crippen molar-refractivity contribution in [3.63, 3.8) is 0 Å². The summed E-state index contributed by atoms with van der Waals surface area (Å²) in [6.07, 6.45) is 4.29. The van der Waals surface area contributed by atoms with Crippen LogP contribution in [0.2, 0.25) is 0 Å². The molecule has 2 saturated heterocycles. The first-order chi connectivity index (χ1) is 13.1. The van der Waals surface area contributed by atoms with E-state index in [0.29, 0.717) is 5.92 Å². The van der Waals surface area contributed by atoms with E-state index in [4.69, 9.17) is 4.74 Å². The lowest BCUT2D eigenvalue weighted by Gasteiger charge is -2.45. The first-order valence-corrected chi connectivity index (χ1v) is 10.5. The number of ether oxygens (including phenoxy) is 1. The predicted molar refractivity (Wildman–Crippen MR) is 109 cm³/mol. The molecule has 5 heteroatoms. The molecule has 27 heavy (non-hydrogen) atoms. The molecule has 2 fully saturated rings. The number of hydrogen-bond acceptors (Lipinski definition) is 4. The van der Waals surface area contributed by atoms with Gasteiger partial charge in [-0.3, -0.25) is 9.69 Å². The SMILES string of the molecule is CC[C@@H](C)c1ccccc1OCC(=O)N1CCCN(C)C2(CCNCC2)C1. The quantitative estimate of drug-likeness (QED) is 0.862. The van der Waals surface area contributed by atoms with Gasteiger partial charge in [0.2, 0.25) is 0 Å². The second-order valence-corrected chi connectivity index (χ2v) is 8.20. The van der Waals surface area contributed by atoms with E-state index in [1.54, 1.807) is 0 Å². The molecule has 2 aliphatic heterocycles. The molecule has 5 nitrogen and oxygen atoms in total. The van der Waals surface area contributed by atoms with E-state index < -0.39 is 0 Å². The number of hydrogen-bond donors (Lipinski definition) is 1. The molecule has 3 rings (SSSR count). The highest BCUT2D eigenvalue weighted by Crippen LogP contribution is 2.30. The monoisotopic (exact) mass is 373 g/mol. The minimum absolute atomic E-state index is 0.113. The molecule has 2 aliphatic rings. The number of likely N-dealkylation sites (N-methyl/N-ethyl adjacent to an activating group) is 1. The number of nitrogens with zero attached hydrogens (tertiary/aromatic N) is 2. The Kier molecular flexibility index (Phi) is 6.77. The van der Waals surface area contributed by atoms with Crippen LogP contribution >= 0.6 is 0 Å². The highest BCUT2D eigenvalue weighted by atomic mass is 16.5. The molecule has 0 bridgehead atoms. The Balaban J connectivity index is 1.65. The third-order valence-corrected chi connectivity index (χ3v) is 6.52. The van der Waals surface area contributed by atoms with Gasteiger partial charge >= 0.3 is 0 Å². The van der Waals surface area contributed by atoms with Gasteiger partial charge in [0.15, 0.2) is 6.61 Å². The van der Waals surface area contributed by atoms with Crippen molar-refractivity contribution < 1.29 is 9.53 Å². The van der Waals surface area contributed by atoms with E-state index in [-0.39, 0.29) is 18.1 Å². The van der Waals surface area contributed by atoms with Crippen LogP contribution in [0.3, 0.4) is 0 Å². The van der Waals surface area contributed by atoms with Gasteiger partial charge in [0.1, 0.15) is 5.75 Å². The summed E-state index contributed by atoms with van der Waals surface area (Å²) in [5.41, 5.74) is 1.31. The van der Waals surface area contributed by atoms with E-state index >= 15 is 0 Å². The molecule has 0 unspecified atom stereocenters. The Morgan fingerprint density at radius 1 is 1.26 bits per heavy atom. The first-order valence-electron chi connectivity index (χ1n) is 10.5. The summed E-state index contributed by atoms with van der Waals surface area (Å²) in [4.78, 5) is 17.5.